The second kappa shape index (κ2) is 11.5. The Hall–Kier alpha value is -3.71. The maximum absolute atomic E-state index is 13.3. The minimum Gasteiger partial charge on any atom is -0.508 e. The van der Waals surface area contributed by atoms with Crippen molar-refractivity contribution in [1.29, 1.82) is 0 Å². The summed E-state index contributed by atoms with van der Waals surface area (Å²) in [5.74, 6) is -4.00. The van der Waals surface area contributed by atoms with Crippen LogP contribution in [0, 0.1) is 0 Å². The number of aliphatic hydroxyl groups is 7. The monoisotopic (exact) mass is 596 g/mol. The Balaban J connectivity index is 1.66. The summed E-state index contributed by atoms with van der Waals surface area (Å²) in [4.78, 5) is 13.3. The van der Waals surface area contributed by atoms with E-state index < -0.39 is 108 Å². The van der Waals surface area contributed by atoms with Crippen molar-refractivity contribution in [3.63, 3.8) is 0 Å². The molecule has 10 N–H and O–H groups in total. The summed E-state index contributed by atoms with van der Waals surface area (Å²) in [6.07, 6.45) is -15.8. The largest absolute Gasteiger partial charge is 0.508 e. The molecule has 9 atom stereocenters. The van der Waals surface area contributed by atoms with Gasteiger partial charge in [-0.2, -0.15) is 0 Å². The fraction of sp³-hybridized carbons (Fsp3) is 0.423. The fourth-order valence-corrected chi connectivity index (χ4v) is 4.58. The highest BCUT2D eigenvalue weighted by molar-refractivity contribution is 5.95. The van der Waals surface area contributed by atoms with E-state index in [1.807, 2.05) is 0 Å². The molecule has 2 aromatic carbocycles. The SMILES string of the molecule is O=c1cc(-c2ccc(O)cc2)oc2c(O[C@@H]3OC[C@@H](O)[C@@H](O)[C@@H]3O)c(O)c(O[C@@H]3O[C@H](CO)[C@H](O)[C@H](O)[C@@H]3O)c(O)c12. The first-order valence-corrected chi connectivity index (χ1v) is 12.6. The Labute approximate surface area is 235 Å². The van der Waals surface area contributed by atoms with Gasteiger partial charge in [0.05, 0.1) is 13.2 Å². The van der Waals surface area contributed by atoms with Crippen LogP contribution in [0.5, 0.6) is 28.7 Å². The molecule has 2 aliphatic heterocycles. The predicted octanol–water partition coefficient (Wildman–Crippen LogP) is -2.43. The van der Waals surface area contributed by atoms with E-state index >= 15 is 0 Å². The van der Waals surface area contributed by atoms with Gasteiger partial charge in [0.1, 0.15) is 59.6 Å². The minimum absolute atomic E-state index is 0.0830. The number of benzene rings is 2. The molecule has 0 aliphatic carbocycles. The summed E-state index contributed by atoms with van der Waals surface area (Å²) in [6.45, 7) is -1.32. The first-order valence-electron chi connectivity index (χ1n) is 12.6. The van der Waals surface area contributed by atoms with Crippen LogP contribution in [0.15, 0.2) is 39.5 Å². The van der Waals surface area contributed by atoms with E-state index in [1.165, 1.54) is 24.3 Å². The van der Waals surface area contributed by atoms with Crippen molar-refractivity contribution in [3.05, 3.63) is 40.6 Å². The number of ether oxygens (including phenoxy) is 4. The van der Waals surface area contributed by atoms with Gasteiger partial charge in [-0.05, 0) is 24.3 Å². The van der Waals surface area contributed by atoms with E-state index in [1.54, 1.807) is 0 Å². The molecule has 2 fully saturated rings. The molecule has 0 amide bonds. The first kappa shape index (κ1) is 29.8. The average Bonchev–Trinajstić information content (AvgIpc) is 2.97. The molecule has 2 saturated heterocycles. The van der Waals surface area contributed by atoms with E-state index in [0.717, 1.165) is 6.07 Å². The van der Waals surface area contributed by atoms with E-state index in [-0.39, 0.29) is 17.1 Å². The van der Waals surface area contributed by atoms with Gasteiger partial charge in [-0.3, -0.25) is 4.79 Å². The number of aromatic hydroxyl groups is 3. The zero-order chi connectivity index (χ0) is 30.5. The third-order valence-corrected chi connectivity index (χ3v) is 6.96. The van der Waals surface area contributed by atoms with E-state index in [4.69, 9.17) is 23.4 Å². The van der Waals surface area contributed by atoms with Crippen molar-refractivity contribution in [2.75, 3.05) is 13.2 Å². The zero-order valence-electron chi connectivity index (χ0n) is 21.4. The Bertz CT molecular complexity index is 1490. The number of rotatable bonds is 6. The standard InChI is InChI=1S/C26H28O16/c27-6-13-16(32)18(34)20(36)26(40-13)41-23-17(33)14-10(29)5-12(8-1-3-9(28)4-2-8)39-22(14)24(21(23)37)42-25-19(35)15(31)11(30)7-38-25/h1-5,11,13,15-16,18-20,25-28,30-37H,6-7H2/t11-,13-,15-,16+,18+,19+,20+,25+,26+/m1/s1. The Morgan fingerprint density at radius 1 is 0.786 bits per heavy atom. The van der Waals surface area contributed by atoms with Crippen molar-refractivity contribution in [1.82, 2.24) is 0 Å². The van der Waals surface area contributed by atoms with Crippen LogP contribution in [0.25, 0.3) is 22.3 Å². The lowest BCUT2D eigenvalue weighted by atomic mass is 9.99. The summed E-state index contributed by atoms with van der Waals surface area (Å²) in [5, 5.41) is 102. The van der Waals surface area contributed by atoms with Gasteiger partial charge in [0, 0.05) is 11.6 Å². The van der Waals surface area contributed by atoms with Crippen LogP contribution in [0.4, 0.5) is 0 Å². The molecule has 3 aromatic rings. The van der Waals surface area contributed by atoms with Gasteiger partial charge in [-0.15, -0.1) is 0 Å². The maximum Gasteiger partial charge on any atom is 0.229 e. The molecule has 0 radical (unpaired) electrons. The molecule has 0 unspecified atom stereocenters. The molecule has 42 heavy (non-hydrogen) atoms. The molecular weight excluding hydrogens is 568 g/mol. The normalized spacial score (nSPS) is 31.6. The molecule has 2 aliphatic rings. The lowest BCUT2D eigenvalue weighted by Gasteiger charge is -2.39. The predicted molar refractivity (Wildman–Crippen MR) is 136 cm³/mol. The number of hydrogen-bond acceptors (Lipinski definition) is 16. The fourth-order valence-electron chi connectivity index (χ4n) is 4.58. The topological polar surface area (TPSA) is 269 Å². The molecular formula is C26H28O16. The van der Waals surface area contributed by atoms with Gasteiger partial charge < -0.3 is 74.4 Å². The van der Waals surface area contributed by atoms with Gasteiger partial charge >= 0.3 is 0 Å². The molecule has 16 nitrogen and oxygen atoms in total. The van der Waals surface area contributed by atoms with Crippen LogP contribution in [0.1, 0.15) is 0 Å². The highest BCUT2D eigenvalue weighted by Crippen LogP contribution is 2.51. The van der Waals surface area contributed by atoms with Gasteiger partial charge in [0.15, 0.2) is 16.8 Å². The molecule has 0 bridgehead atoms. The molecule has 228 valence electrons. The first-order chi connectivity index (χ1) is 19.9. The third-order valence-electron chi connectivity index (χ3n) is 6.96. The summed E-state index contributed by atoms with van der Waals surface area (Å²) < 4.78 is 27.3. The second-order valence-corrected chi connectivity index (χ2v) is 9.76. The zero-order valence-corrected chi connectivity index (χ0v) is 21.4. The highest BCUT2D eigenvalue weighted by atomic mass is 16.7. The lowest BCUT2D eigenvalue weighted by molar-refractivity contribution is -0.277. The van der Waals surface area contributed by atoms with Crippen LogP contribution >= 0.6 is 0 Å². The Kier molecular flexibility index (Phi) is 8.17. The van der Waals surface area contributed by atoms with Crippen molar-refractivity contribution < 1.29 is 74.4 Å². The molecule has 0 saturated carbocycles. The van der Waals surface area contributed by atoms with Gasteiger partial charge in [-0.1, -0.05) is 0 Å². The van der Waals surface area contributed by atoms with E-state index in [9.17, 15) is 55.9 Å². The second-order valence-electron chi connectivity index (χ2n) is 9.76. The molecule has 1 aromatic heterocycles. The number of phenolic OH excluding ortho intramolecular Hbond substituents is 3. The quantitative estimate of drug-likeness (QED) is 0.142. The van der Waals surface area contributed by atoms with Crippen molar-refractivity contribution in [3.8, 4) is 40.1 Å². The van der Waals surface area contributed by atoms with Crippen molar-refractivity contribution >= 4 is 11.0 Å². The molecule has 5 rings (SSSR count). The van der Waals surface area contributed by atoms with Crippen LogP contribution in [-0.4, -0.2) is 120 Å². The smallest absolute Gasteiger partial charge is 0.229 e. The van der Waals surface area contributed by atoms with Gasteiger partial charge in [0.2, 0.25) is 29.8 Å². The van der Waals surface area contributed by atoms with Crippen LogP contribution in [-0.2, 0) is 9.47 Å². The summed E-state index contributed by atoms with van der Waals surface area (Å²) >= 11 is 0. The summed E-state index contributed by atoms with van der Waals surface area (Å²) in [7, 11) is 0. The van der Waals surface area contributed by atoms with Crippen LogP contribution < -0.4 is 14.9 Å². The Morgan fingerprint density at radius 3 is 2.10 bits per heavy atom. The number of fused-ring (bicyclic) bond motifs is 1. The third kappa shape index (κ3) is 5.19. The van der Waals surface area contributed by atoms with E-state index in [2.05, 4.69) is 0 Å². The number of phenols is 3. The number of hydrogen-bond donors (Lipinski definition) is 10. The van der Waals surface area contributed by atoms with E-state index in [0.29, 0.717) is 0 Å². The van der Waals surface area contributed by atoms with Crippen LogP contribution in [0.2, 0.25) is 0 Å². The van der Waals surface area contributed by atoms with Gasteiger partial charge in [-0.25, -0.2) is 0 Å². The molecule has 3 heterocycles. The van der Waals surface area contributed by atoms with Crippen molar-refractivity contribution in [2.45, 2.75) is 55.3 Å². The van der Waals surface area contributed by atoms with Crippen LogP contribution in [0.3, 0.4) is 0 Å². The van der Waals surface area contributed by atoms with Gasteiger partial charge in [0.25, 0.3) is 0 Å². The Morgan fingerprint density at radius 2 is 1.43 bits per heavy atom. The van der Waals surface area contributed by atoms with Crippen molar-refractivity contribution in [2.24, 2.45) is 0 Å². The molecule has 16 heteroatoms. The molecule has 0 spiro atoms. The average molecular weight is 596 g/mol. The minimum atomic E-state index is -1.98. The highest BCUT2D eigenvalue weighted by Gasteiger charge is 2.46. The lowest BCUT2D eigenvalue weighted by Crippen LogP contribution is -2.60. The summed E-state index contributed by atoms with van der Waals surface area (Å²) in [6, 6.07) is 6.40. The number of aliphatic hydroxyl groups excluding tert-OH is 7. The summed E-state index contributed by atoms with van der Waals surface area (Å²) in [5.41, 5.74) is -1.20. The maximum atomic E-state index is 13.3.